The zero-order chi connectivity index (χ0) is 16.9. The first kappa shape index (κ1) is 16.8. The minimum Gasteiger partial charge on any atom is -0.492 e. The van der Waals surface area contributed by atoms with Gasteiger partial charge in [0.1, 0.15) is 12.4 Å². The third-order valence-corrected chi connectivity index (χ3v) is 5.05. The lowest BCUT2D eigenvalue weighted by atomic mass is 10.1. The number of ether oxygens (including phenoxy) is 1. The van der Waals surface area contributed by atoms with Gasteiger partial charge in [-0.05, 0) is 49.6 Å². The maximum absolute atomic E-state index is 5.93. The lowest BCUT2D eigenvalue weighted by Gasteiger charge is -2.37. The van der Waals surface area contributed by atoms with Crippen LogP contribution in [0.15, 0.2) is 42.5 Å². The van der Waals surface area contributed by atoms with Crippen molar-refractivity contribution in [1.29, 1.82) is 0 Å². The monoisotopic (exact) mass is 324 g/mol. The van der Waals surface area contributed by atoms with Crippen LogP contribution in [-0.4, -0.2) is 44.2 Å². The molecule has 0 amide bonds. The Morgan fingerprint density at radius 2 is 1.54 bits per heavy atom. The van der Waals surface area contributed by atoms with Gasteiger partial charge < -0.3 is 9.64 Å². The summed E-state index contributed by atoms with van der Waals surface area (Å²) in [6, 6.07) is 14.8. The number of benzene rings is 2. The molecule has 1 aliphatic rings. The van der Waals surface area contributed by atoms with Crippen molar-refractivity contribution >= 4 is 5.69 Å². The molecule has 0 aromatic heterocycles. The molecule has 3 heteroatoms. The smallest absolute Gasteiger partial charge is 0.122 e. The van der Waals surface area contributed by atoms with Crippen molar-refractivity contribution in [3.8, 4) is 5.75 Å². The van der Waals surface area contributed by atoms with Gasteiger partial charge in [0, 0.05) is 38.4 Å². The molecule has 0 spiro atoms. The van der Waals surface area contributed by atoms with Gasteiger partial charge in [0.15, 0.2) is 0 Å². The van der Waals surface area contributed by atoms with Crippen LogP contribution in [0, 0.1) is 20.8 Å². The molecule has 1 fully saturated rings. The lowest BCUT2D eigenvalue weighted by molar-refractivity contribution is 0.200. The van der Waals surface area contributed by atoms with Crippen LogP contribution >= 0.6 is 0 Å². The highest BCUT2D eigenvalue weighted by Gasteiger charge is 2.18. The molecule has 2 aromatic rings. The van der Waals surface area contributed by atoms with E-state index in [0.29, 0.717) is 0 Å². The van der Waals surface area contributed by atoms with E-state index in [1.165, 1.54) is 22.4 Å². The first-order valence-electron chi connectivity index (χ1n) is 8.87. The maximum atomic E-state index is 5.93. The van der Waals surface area contributed by atoms with Crippen LogP contribution in [0.5, 0.6) is 5.75 Å². The van der Waals surface area contributed by atoms with E-state index >= 15 is 0 Å². The van der Waals surface area contributed by atoms with Gasteiger partial charge in [-0.1, -0.05) is 30.3 Å². The average Bonchev–Trinajstić information content (AvgIpc) is 2.60. The minimum atomic E-state index is 0.758. The Bertz CT molecular complexity index is 675. The minimum absolute atomic E-state index is 0.758. The largest absolute Gasteiger partial charge is 0.492 e. The van der Waals surface area contributed by atoms with Crippen LogP contribution in [0.1, 0.15) is 16.7 Å². The fraction of sp³-hybridized carbons (Fsp3) is 0.429. The van der Waals surface area contributed by atoms with Crippen molar-refractivity contribution in [1.82, 2.24) is 4.90 Å². The summed E-state index contributed by atoms with van der Waals surface area (Å²) in [7, 11) is 0. The molecule has 0 aliphatic carbocycles. The highest BCUT2D eigenvalue weighted by Crippen LogP contribution is 2.23. The molecule has 0 N–H and O–H groups in total. The van der Waals surface area contributed by atoms with Crippen molar-refractivity contribution in [2.45, 2.75) is 20.8 Å². The number of nitrogens with zero attached hydrogens (tertiary/aromatic N) is 2. The van der Waals surface area contributed by atoms with E-state index in [1.807, 2.05) is 12.1 Å². The van der Waals surface area contributed by atoms with Crippen LogP contribution < -0.4 is 9.64 Å². The molecule has 1 heterocycles. The molecule has 2 aromatic carbocycles. The van der Waals surface area contributed by atoms with Gasteiger partial charge >= 0.3 is 0 Å². The van der Waals surface area contributed by atoms with E-state index < -0.39 is 0 Å². The quantitative estimate of drug-likeness (QED) is 0.832. The highest BCUT2D eigenvalue weighted by atomic mass is 16.5. The van der Waals surface area contributed by atoms with E-state index in [-0.39, 0.29) is 0 Å². The molecular formula is C21H28N2O. The molecular weight excluding hydrogens is 296 g/mol. The number of rotatable bonds is 5. The first-order chi connectivity index (χ1) is 11.6. The summed E-state index contributed by atoms with van der Waals surface area (Å²) >= 11 is 0. The molecule has 0 saturated carbocycles. The molecule has 1 aliphatic heterocycles. The van der Waals surface area contributed by atoms with Gasteiger partial charge in [-0.15, -0.1) is 0 Å². The van der Waals surface area contributed by atoms with E-state index in [4.69, 9.17) is 4.74 Å². The number of piperazine rings is 1. The number of para-hydroxylation sites is 1. The van der Waals surface area contributed by atoms with Crippen LogP contribution in [0.2, 0.25) is 0 Å². The number of aryl methyl sites for hydroxylation is 2. The summed E-state index contributed by atoms with van der Waals surface area (Å²) in [4.78, 5) is 5.01. The van der Waals surface area contributed by atoms with E-state index in [9.17, 15) is 0 Å². The third-order valence-electron chi connectivity index (χ3n) is 5.05. The zero-order valence-corrected chi connectivity index (χ0v) is 15.1. The topological polar surface area (TPSA) is 15.7 Å². The zero-order valence-electron chi connectivity index (χ0n) is 15.1. The Morgan fingerprint density at radius 1 is 0.833 bits per heavy atom. The second kappa shape index (κ2) is 7.71. The molecule has 24 heavy (non-hydrogen) atoms. The number of hydrogen-bond acceptors (Lipinski definition) is 3. The second-order valence-corrected chi connectivity index (χ2v) is 6.66. The van der Waals surface area contributed by atoms with Crippen molar-refractivity contribution in [2.75, 3.05) is 44.2 Å². The summed E-state index contributed by atoms with van der Waals surface area (Å²) in [5, 5.41) is 0. The standard InChI is InChI=1S/C21H28N2O/c1-17-8-6-9-20(19(17)3)23-13-11-22(12-14-23)15-16-24-21-10-5-4-7-18(21)2/h4-10H,11-16H2,1-3H3. The molecule has 0 atom stereocenters. The predicted molar refractivity (Wildman–Crippen MR) is 101 cm³/mol. The first-order valence-corrected chi connectivity index (χ1v) is 8.87. The average molecular weight is 324 g/mol. The van der Waals surface area contributed by atoms with Crippen LogP contribution in [0.3, 0.4) is 0 Å². The Morgan fingerprint density at radius 3 is 2.29 bits per heavy atom. The van der Waals surface area contributed by atoms with E-state index in [0.717, 1.165) is 45.1 Å². The van der Waals surface area contributed by atoms with Gasteiger partial charge in [-0.2, -0.15) is 0 Å². The SMILES string of the molecule is Cc1ccccc1OCCN1CCN(c2cccc(C)c2C)CC1. The Hall–Kier alpha value is -2.00. The maximum Gasteiger partial charge on any atom is 0.122 e. The predicted octanol–water partition coefficient (Wildman–Crippen LogP) is 3.81. The second-order valence-electron chi connectivity index (χ2n) is 6.66. The van der Waals surface area contributed by atoms with Crippen LogP contribution in [0.4, 0.5) is 5.69 Å². The molecule has 128 valence electrons. The fourth-order valence-electron chi connectivity index (χ4n) is 3.29. The van der Waals surface area contributed by atoms with Crippen molar-refractivity contribution in [2.24, 2.45) is 0 Å². The van der Waals surface area contributed by atoms with Crippen molar-refractivity contribution in [3.05, 3.63) is 59.2 Å². The molecule has 3 rings (SSSR count). The van der Waals surface area contributed by atoms with Gasteiger partial charge in [-0.25, -0.2) is 0 Å². The Kier molecular flexibility index (Phi) is 5.41. The van der Waals surface area contributed by atoms with Gasteiger partial charge in [0.25, 0.3) is 0 Å². The van der Waals surface area contributed by atoms with Crippen molar-refractivity contribution in [3.63, 3.8) is 0 Å². The van der Waals surface area contributed by atoms with Gasteiger partial charge in [-0.3, -0.25) is 4.90 Å². The number of anilines is 1. The van der Waals surface area contributed by atoms with Crippen LogP contribution in [0.25, 0.3) is 0 Å². The summed E-state index contributed by atoms with van der Waals surface area (Å²) in [6.45, 7) is 12.7. The summed E-state index contributed by atoms with van der Waals surface area (Å²) in [5.41, 5.74) is 5.39. The molecule has 0 bridgehead atoms. The van der Waals surface area contributed by atoms with E-state index in [2.05, 4.69) is 60.9 Å². The molecule has 0 unspecified atom stereocenters. The van der Waals surface area contributed by atoms with Gasteiger partial charge in [0.05, 0.1) is 0 Å². The van der Waals surface area contributed by atoms with Gasteiger partial charge in [0.2, 0.25) is 0 Å². The fourth-order valence-corrected chi connectivity index (χ4v) is 3.29. The lowest BCUT2D eigenvalue weighted by Crippen LogP contribution is -2.47. The summed E-state index contributed by atoms with van der Waals surface area (Å²) < 4.78 is 5.93. The molecule has 1 saturated heterocycles. The highest BCUT2D eigenvalue weighted by molar-refractivity contribution is 5.56. The Balaban J connectivity index is 1.47. The Labute approximate surface area is 145 Å². The third kappa shape index (κ3) is 3.90. The van der Waals surface area contributed by atoms with E-state index in [1.54, 1.807) is 0 Å². The summed E-state index contributed by atoms with van der Waals surface area (Å²) in [5.74, 6) is 1.01. The summed E-state index contributed by atoms with van der Waals surface area (Å²) in [6.07, 6.45) is 0. The van der Waals surface area contributed by atoms with Crippen molar-refractivity contribution < 1.29 is 4.74 Å². The normalized spacial score (nSPS) is 15.5. The molecule has 3 nitrogen and oxygen atoms in total. The molecule has 0 radical (unpaired) electrons. The van der Waals surface area contributed by atoms with Crippen LogP contribution in [-0.2, 0) is 0 Å². The number of hydrogen-bond donors (Lipinski definition) is 0.